The molecule has 40 heavy (non-hydrogen) atoms. The summed E-state index contributed by atoms with van der Waals surface area (Å²) in [5.41, 5.74) is 3.01. The first kappa shape index (κ1) is 28.0. The highest BCUT2D eigenvalue weighted by Gasteiger charge is 2.33. The number of amides is 4. The Morgan fingerprint density at radius 2 is 1.15 bits per heavy atom. The standard InChI is InChI=1S/C26H30N8O4S2/c35-21(13-19-23(37)29-25(39-19)33-31-15-6-1-2-7-15)27-17-10-5-11-18(12-17)28-22(36)14-20-24(38)30-26(40-20)34-32-16-8-3-4-9-16/h5,10-12,19-20H,1-4,6-9,13-14H2,(H,27,35)(H,28,36)(H,29,33,37)(H,30,34,38)/t19-,20+. The fourth-order valence-electron chi connectivity index (χ4n) is 4.61. The van der Waals surface area contributed by atoms with Crippen LogP contribution >= 0.6 is 23.5 Å². The summed E-state index contributed by atoms with van der Waals surface area (Å²) in [6, 6.07) is 6.69. The zero-order valence-corrected chi connectivity index (χ0v) is 23.4. The predicted octanol–water partition coefficient (Wildman–Crippen LogP) is 3.38. The maximum atomic E-state index is 12.6. The molecule has 2 atom stereocenters. The number of rotatable bonds is 8. The minimum Gasteiger partial charge on any atom is -0.326 e. The van der Waals surface area contributed by atoms with E-state index in [0.717, 1.165) is 62.8 Å². The summed E-state index contributed by atoms with van der Waals surface area (Å²) in [7, 11) is 0. The van der Waals surface area contributed by atoms with Crippen molar-refractivity contribution in [2.75, 3.05) is 10.6 Å². The van der Waals surface area contributed by atoms with Gasteiger partial charge in [0, 0.05) is 35.6 Å². The third-order valence-corrected chi connectivity index (χ3v) is 8.79. The summed E-state index contributed by atoms with van der Waals surface area (Å²) in [5.74, 6) is -1.24. The molecule has 0 unspecified atom stereocenters. The van der Waals surface area contributed by atoms with Gasteiger partial charge in [0.25, 0.3) is 0 Å². The number of amidine groups is 2. The first-order valence-electron chi connectivity index (χ1n) is 13.3. The number of carbonyl (C=O) groups excluding carboxylic acids is 4. The Bertz CT molecular complexity index is 1210. The molecule has 0 radical (unpaired) electrons. The van der Waals surface area contributed by atoms with Gasteiger partial charge in [0.05, 0.1) is 0 Å². The molecular weight excluding hydrogens is 552 g/mol. The van der Waals surface area contributed by atoms with Gasteiger partial charge in [-0.25, -0.2) is 0 Å². The highest BCUT2D eigenvalue weighted by atomic mass is 32.2. The quantitative estimate of drug-likeness (QED) is 0.343. The molecule has 1 aromatic rings. The Labute approximate surface area is 239 Å². The summed E-state index contributed by atoms with van der Waals surface area (Å²) in [5, 5.41) is 27.2. The van der Waals surface area contributed by atoms with Crippen molar-refractivity contribution in [1.82, 2.24) is 10.6 Å². The highest BCUT2D eigenvalue weighted by Crippen LogP contribution is 2.26. The number of thioether (sulfide) groups is 2. The van der Waals surface area contributed by atoms with Crippen LogP contribution in [-0.4, -0.2) is 55.9 Å². The fourth-order valence-corrected chi connectivity index (χ4v) is 6.44. The molecule has 0 aromatic heterocycles. The molecule has 2 heterocycles. The maximum Gasteiger partial charge on any atom is 0.240 e. The van der Waals surface area contributed by atoms with E-state index in [1.165, 1.54) is 23.5 Å². The lowest BCUT2D eigenvalue weighted by atomic mass is 10.2. The van der Waals surface area contributed by atoms with Crippen molar-refractivity contribution in [3.05, 3.63) is 24.3 Å². The second kappa shape index (κ2) is 13.2. The van der Waals surface area contributed by atoms with Crippen LogP contribution in [0.5, 0.6) is 0 Å². The van der Waals surface area contributed by atoms with E-state index in [2.05, 4.69) is 41.7 Å². The van der Waals surface area contributed by atoms with Crippen molar-refractivity contribution in [2.45, 2.75) is 74.7 Å². The van der Waals surface area contributed by atoms with Crippen LogP contribution in [-0.2, 0) is 19.2 Å². The Hall–Kier alpha value is -3.52. The van der Waals surface area contributed by atoms with Crippen LogP contribution in [0.2, 0.25) is 0 Å². The first-order chi connectivity index (χ1) is 19.4. The van der Waals surface area contributed by atoms with Crippen molar-refractivity contribution >= 4 is 80.3 Å². The second-order valence-electron chi connectivity index (χ2n) is 9.83. The molecule has 1 aromatic carbocycles. The molecule has 0 spiro atoms. The minimum atomic E-state index is -0.599. The van der Waals surface area contributed by atoms with Crippen molar-refractivity contribution in [2.24, 2.45) is 20.4 Å². The van der Waals surface area contributed by atoms with E-state index in [1.54, 1.807) is 24.3 Å². The molecule has 2 aliphatic carbocycles. The summed E-state index contributed by atoms with van der Waals surface area (Å²) in [6.07, 6.45) is 8.10. The lowest BCUT2D eigenvalue weighted by molar-refractivity contribution is -0.122. The summed E-state index contributed by atoms with van der Waals surface area (Å²) >= 11 is 2.38. The molecule has 4 aliphatic rings. The van der Waals surface area contributed by atoms with Gasteiger partial charge in [-0.15, -0.1) is 10.2 Å². The topological polar surface area (TPSA) is 166 Å². The van der Waals surface area contributed by atoms with Crippen molar-refractivity contribution in [3.8, 4) is 0 Å². The Morgan fingerprint density at radius 3 is 1.57 bits per heavy atom. The van der Waals surface area contributed by atoms with Crippen LogP contribution in [0.3, 0.4) is 0 Å². The molecule has 12 nitrogen and oxygen atoms in total. The molecule has 0 bridgehead atoms. The van der Waals surface area contributed by atoms with Crippen LogP contribution in [0.15, 0.2) is 44.7 Å². The molecule has 4 amide bonds. The van der Waals surface area contributed by atoms with Crippen LogP contribution < -0.4 is 21.3 Å². The van der Waals surface area contributed by atoms with E-state index < -0.39 is 10.5 Å². The first-order valence-corrected chi connectivity index (χ1v) is 15.1. The Balaban J connectivity index is 1.09. The van der Waals surface area contributed by atoms with Gasteiger partial charge >= 0.3 is 0 Å². The van der Waals surface area contributed by atoms with E-state index in [4.69, 9.17) is 0 Å². The van der Waals surface area contributed by atoms with E-state index in [-0.39, 0.29) is 36.5 Å². The number of nitrogens with zero attached hydrogens (tertiary/aromatic N) is 4. The third-order valence-electron chi connectivity index (χ3n) is 6.65. The number of benzene rings is 1. The number of anilines is 2. The van der Waals surface area contributed by atoms with Crippen LogP contribution in [0, 0.1) is 0 Å². The Morgan fingerprint density at radius 1 is 0.725 bits per heavy atom. The van der Waals surface area contributed by atoms with Crippen molar-refractivity contribution < 1.29 is 19.2 Å². The molecule has 4 fully saturated rings. The van der Waals surface area contributed by atoms with Gasteiger partial charge in [0.2, 0.25) is 23.6 Å². The molecular formula is C26H30N8O4S2. The summed E-state index contributed by atoms with van der Waals surface area (Å²) in [4.78, 5) is 49.8. The van der Waals surface area contributed by atoms with E-state index in [9.17, 15) is 19.2 Å². The molecule has 210 valence electrons. The monoisotopic (exact) mass is 582 g/mol. The normalized spacial score (nSPS) is 24.4. The van der Waals surface area contributed by atoms with Gasteiger partial charge in [0.15, 0.2) is 10.3 Å². The zero-order chi connectivity index (χ0) is 27.9. The smallest absolute Gasteiger partial charge is 0.240 e. The SMILES string of the molecule is O=C(C[C@@H]1S/C(=N\N=C2CCCC2)NC1=O)Nc1cccc(NC(=O)C[C@H]2S/C(=N\N=C3CCCC3)NC2=O)c1. The Kier molecular flexibility index (Phi) is 9.26. The van der Waals surface area contributed by atoms with Gasteiger partial charge in [-0.3, -0.25) is 19.2 Å². The number of hydrogen-bond donors (Lipinski definition) is 4. The van der Waals surface area contributed by atoms with Gasteiger partial charge in [-0.05, 0) is 69.6 Å². The molecule has 2 saturated heterocycles. The maximum absolute atomic E-state index is 12.6. The van der Waals surface area contributed by atoms with Crippen LogP contribution in [0.4, 0.5) is 11.4 Å². The van der Waals surface area contributed by atoms with Gasteiger partial charge in [-0.2, -0.15) is 10.2 Å². The summed E-state index contributed by atoms with van der Waals surface area (Å²) < 4.78 is 0. The largest absolute Gasteiger partial charge is 0.326 e. The summed E-state index contributed by atoms with van der Waals surface area (Å²) in [6.45, 7) is 0. The van der Waals surface area contributed by atoms with E-state index in [0.29, 0.717) is 21.7 Å². The van der Waals surface area contributed by atoms with Gasteiger partial charge < -0.3 is 21.3 Å². The van der Waals surface area contributed by atoms with E-state index >= 15 is 0 Å². The molecule has 2 saturated carbocycles. The van der Waals surface area contributed by atoms with Gasteiger partial charge in [0.1, 0.15) is 10.5 Å². The molecule has 2 aliphatic heterocycles. The highest BCUT2D eigenvalue weighted by molar-refractivity contribution is 8.16. The number of nitrogens with one attached hydrogen (secondary N) is 4. The lowest BCUT2D eigenvalue weighted by Crippen LogP contribution is -2.28. The fraction of sp³-hybridized carbons (Fsp3) is 0.462. The van der Waals surface area contributed by atoms with Crippen LogP contribution in [0.1, 0.15) is 64.2 Å². The average Bonchev–Trinajstić information content (AvgIpc) is 3.72. The lowest BCUT2D eigenvalue weighted by Gasteiger charge is -2.11. The minimum absolute atomic E-state index is 0.0356. The van der Waals surface area contributed by atoms with E-state index in [1.807, 2.05) is 0 Å². The van der Waals surface area contributed by atoms with Crippen molar-refractivity contribution in [1.29, 1.82) is 0 Å². The second-order valence-corrected chi connectivity index (χ2v) is 12.2. The number of hydrogen-bond acceptors (Lipinski definition) is 10. The predicted molar refractivity (Wildman–Crippen MR) is 159 cm³/mol. The molecule has 5 rings (SSSR count). The van der Waals surface area contributed by atoms with Crippen LogP contribution in [0.25, 0.3) is 0 Å². The number of carbonyl (C=O) groups is 4. The zero-order valence-electron chi connectivity index (χ0n) is 21.8. The van der Waals surface area contributed by atoms with Gasteiger partial charge in [-0.1, -0.05) is 29.6 Å². The third kappa shape index (κ3) is 7.78. The average molecular weight is 583 g/mol. The molecule has 4 N–H and O–H groups in total. The van der Waals surface area contributed by atoms with Crippen molar-refractivity contribution in [3.63, 3.8) is 0 Å². The molecule has 14 heteroatoms.